The van der Waals surface area contributed by atoms with Crippen LogP contribution in [0.2, 0.25) is 0 Å². The highest BCUT2D eigenvalue weighted by molar-refractivity contribution is 5.80. The Balaban J connectivity index is 2.37. The Morgan fingerprint density at radius 1 is 1.10 bits per heavy atom. The van der Waals surface area contributed by atoms with Crippen molar-refractivity contribution in [2.45, 2.75) is 137 Å². The van der Waals surface area contributed by atoms with Gasteiger partial charge in [-0.3, -0.25) is 9.59 Å². The summed E-state index contributed by atoms with van der Waals surface area (Å²) in [5, 5.41) is 44.0. The highest BCUT2D eigenvalue weighted by Gasteiger charge is 2.41. The van der Waals surface area contributed by atoms with Gasteiger partial charge >= 0.3 is 5.97 Å². The summed E-state index contributed by atoms with van der Waals surface area (Å²) >= 11 is 0. The Morgan fingerprint density at radius 2 is 1.74 bits per heavy atom. The molecule has 0 saturated heterocycles. The summed E-state index contributed by atoms with van der Waals surface area (Å²) < 4.78 is 12.1. The maximum atomic E-state index is 13.4. The Hall–Kier alpha value is -1.84. The Kier molecular flexibility index (Phi) is 14.1. The van der Waals surface area contributed by atoms with Crippen molar-refractivity contribution in [2.75, 3.05) is 0 Å². The molecule has 2 aliphatic rings. The molecule has 8 heteroatoms. The molecule has 240 valence electrons. The molecule has 0 saturated carbocycles. The van der Waals surface area contributed by atoms with Gasteiger partial charge in [-0.2, -0.15) is 0 Å². The Bertz CT molecular complexity index is 986. The van der Waals surface area contributed by atoms with Gasteiger partial charge in [-0.1, -0.05) is 65.8 Å². The number of carbonyl (C=O) groups is 2. The first-order valence-corrected chi connectivity index (χ1v) is 15.8. The lowest BCUT2D eigenvalue weighted by Gasteiger charge is -2.38. The van der Waals surface area contributed by atoms with Crippen molar-refractivity contribution in [3.63, 3.8) is 0 Å². The summed E-state index contributed by atoms with van der Waals surface area (Å²) in [6, 6.07) is 0. The summed E-state index contributed by atoms with van der Waals surface area (Å²) in [6.07, 6.45) is 6.51. The van der Waals surface area contributed by atoms with Crippen LogP contribution < -0.4 is 0 Å². The number of aliphatic hydroxyl groups excluding tert-OH is 3. The Labute approximate surface area is 252 Å². The van der Waals surface area contributed by atoms with Gasteiger partial charge in [0.05, 0.1) is 24.7 Å². The van der Waals surface area contributed by atoms with Gasteiger partial charge in [0.25, 0.3) is 0 Å². The quantitative estimate of drug-likeness (QED) is 0.239. The number of fused-ring (bicyclic) bond motifs is 2. The van der Waals surface area contributed by atoms with Crippen molar-refractivity contribution < 1.29 is 39.5 Å². The third kappa shape index (κ3) is 10.1. The number of cyclic esters (lactones) is 1. The highest BCUT2D eigenvalue weighted by Crippen LogP contribution is 2.35. The van der Waals surface area contributed by atoms with E-state index in [2.05, 4.69) is 0 Å². The number of ketones is 1. The fraction of sp³-hybridized carbons (Fsp3) is 0.765. The second kappa shape index (κ2) is 16.3. The molecule has 0 amide bonds. The number of hydrogen-bond acceptors (Lipinski definition) is 8. The molecular weight excluding hydrogens is 536 g/mol. The van der Waals surface area contributed by atoms with E-state index in [0.717, 1.165) is 24.0 Å². The minimum atomic E-state index is -1.73. The lowest BCUT2D eigenvalue weighted by molar-refractivity contribution is -0.230. The number of allylic oxidation sites excluding steroid dienone is 1. The summed E-state index contributed by atoms with van der Waals surface area (Å²) in [5.41, 5.74) is 1.89. The third-order valence-electron chi connectivity index (χ3n) is 9.25. The van der Waals surface area contributed by atoms with Gasteiger partial charge in [-0.25, -0.2) is 0 Å². The van der Waals surface area contributed by atoms with Crippen molar-refractivity contribution in [1.82, 2.24) is 0 Å². The smallest absolute Gasteiger partial charge is 0.311 e. The Morgan fingerprint density at radius 3 is 2.38 bits per heavy atom. The zero-order valence-electron chi connectivity index (χ0n) is 27.0. The number of ether oxygens (including phenoxy) is 2. The van der Waals surface area contributed by atoms with E-state index in [9.17, 15) is 30.0 Å². The van der Waals surface area contributed by atoms with Crippen LogP contribution >= 0.6 is 0 Å². The van der Waals surface area contributed by atoms with Crippen molar-refractivity contribution in [2.24, 2.45) is 29.6 Å². The molecule has 0 aromatic rings. The molecule has 2 rings (SSSR count). The second-order valence-electron chi connectivity index (χ2n) is 13.1. The number of rotatable bonds is 7. The van der Waals surface area contributed by atoms with Gasteiger partial charge < -0.3 is 29.9 Å². The van der Waals surface area contributed by atoms with Gasteiger partial charge in [0.2, 0.25) is 0 Å². The number of Topliss-reactive ketones (excluding diaryl/α,β-unsaturated/α-hetero) is 1. The molecule has 8 nitrogen and oxygen atoms in total. The van der Waals surface area contributed by atoms with Crippen LogP contribution in [-0.4, -0.2) is 68.5 Å². The van der Waals surface area contributed by atoms with E-state index in [-0.39, 0.29) is 36.4 Å². The van der Waals surface area contributed by atoms with Crippen molar-refractivity contribution in [3.8, 4) is 0 Å². The number of esters is 1. The third-order valence-corrected chi connectivity index (χ3v) is 9.25. The van der Waals surface area contributed by atoms with Crippen LogP contribution in [0.5, 0.6) is 0 Å². The highest BCUT2D eigenvalue weighted by atomic mass is 16.6. The first-order valence-electron chi connectivity index (χ1n) is 15.8. The normalized spacial score (nSPS) is 37.0. The fourth-order valence-electron chi connectivity index (χ4n) is 6.33. The van der Waals surface area contributed by atoms with Gasteiger partial charge in [-0.15, -0.1) is 0 Å². The van der Waals surface area contributed by atoms with Crippen LogP contribution in [0.25, 0.3) is 0 Å². The SMILES string of the molecule is CCC(=O)[C@H](C)[C@H](O)[C@@H](C)C[C@H](C)[C@H]1OC(=O)C[C@]2(O)CC=C(C)[C@H](O2)/C(C)=C/CCC[C@H](O)/C=C\[C@H](C)[C@@H](O)[C@H]1C. The molecule has 0 fully saturated rings. The van der Waals surface area contributed by atoms with E-state index >= 15 is 0 Å². The van der Waals surface area contributed by atoms with Gasteiger partial charge in [0.15, 0.2) is 5.79 Å². The van der Waals surface area contributed by atoms with E-state index in [1.807, 2.05) is 53.7 Å². The van der Waals surface area contributed by atoms with Crippen LogP contribution in [0.1, 0.15) is 100 Å². The van der Waals surface area contributed by atoms with Gasteiger partial charge in [-0.05, 0) is 62.5 Å². The average Bonchev–Trinajstić information content (AvgIpc) is 2.95. The lowest BCUT2D eigenvalue weighted by Crippen LogP contribution is -2.45. The van der Waals surface area contributed by atoms with Crippen LogP contribution in [0.3, 0.4) is 0 Å². The topological polar surface area (TPSA) is 134 Å². The summed E-state index contributed by atoms with van der Waals surface area (Å²) in [6.45, 7) is 14.9. The van der Waals surface area contributed by atoms with Crippen molar-refractivity contribution in [1.29, 1.82) is 0 Å². The predicted octanol–water partition coefficient (Wildman–Crippen LogP) is 5.03. The van der Waals surface area contributed by atoms with Gasteiger partial charge in [0.1, 0.15) is 18.0 Å². The molecule has 0 radical (unpaired) electrons. The lowest BCUT2D eigenvalue weighted by atomic mass is 9.78. The summed E-state index contributed by atoms with van der Waals surface area (Å²) in [4.78, 5) is 25.6. The first-order chi connectivity index (χ1) is 19.6. The zero-order chi connectivity index (χ0) is 31.8. The molecular formula is C34H56O8. The molecule has 0 unspecified atom stereocenters. The molecule has 42 heavy (non-hydrogen) atoms. The average molecular weight is 593 g/mol. The monoisotopic (exact) mass is 592 g/mol. The standard InChI is InChI=1S/C34H56O8/c1-9-28(36)25(7)31(39)23(5)18-24(6)33-26(8)30(38)20(2)14-15-27(35)13-11-10-12-21(3)32-22(4)16-17-34(40,42-32)19-29(37)41-33/h12,14-16,20,23-27,30-33,35,38-40H,9-11,13,17-19H2,1-8H3/b15-14-,21-12+/t20-,23-,24-,25-,26+,27-,30+,31+,32+,33+,34-/m0/s1. The minimum absolute atomic E-state index is 0.00960. The molecule has 2 heterocycles. The number of hydrogen-bond donors (Lipinski definition) is 4. The molecule has 4 N–H and O–H groups in total. The minimum Gasteiger partial charge on any atom is -0.462 e. The van der Waals surface area contributed by atoms with E-state index in [1.165, 1.54) is 0 Å². The van der Waals surface area contributed by atoms with Crippen LogP contribution in [0, 0.1) is 29.6 Å². The van der Waals surface area contributed by atoms with E-state index in [1.54, 1.807) is 26.0 Å². The molecule has 0 aromatic carbocycles. The number of aliphatic hydroxyl groups is 4. The van der Waals surface area contributed by atoms with E-state index < -0.39 is 54.1 Å². The van der Waals surface area contributed by atoms with Crippen LogP contribution in [0.4, 0.5) is 0 Å². The molecule has 2 bridgehead atoms. The predicted molar refractivity (Wildman–Crippen MR) is 163 cm³/mol. The summed E-state index contributed by atoms with van der Waals surface area (Å²) in [5.74, 6) is -4.25. The van der Waals surface area contributed by atoms with E-state index in [0.29, 0.717) is 19.3 Å². The number of carbonyl (C=O) groups excluding carboxylic acids is 2. The molecule has 0 aliphatic carbocycles. The molecule has 0 aromatic heterocycles. The first kappa shape index (κ1) is 36.4. The van der Waals surface area contributed by atoms with Crippen molar-refractivity contribution in [3.05, 3.63) is 35.5 Å². The van der Waals surface area contributed by atoms with E-state index in [4.69, 9.17) is 9.47 Å². The molecule has 11 atom stereocenters. The molecule has 0 spiro atoms. The van der Waals surface area contributed by atoms with Gasteiger partial charge in [0, 0.05) is 30.6 Å². The fourth-order valence-corrected chi connectivity index (χ4v) is 6.33. The van der Waals surface area contributed by atoms with Crippen molar-refractivity contribution >= 4 is 11.8 Å². The van der Waals surface area contributed by atoms with Crippen LogP contribution in [-0.2, 0) is 19.1 Å². The summed E-state index contributed by atoms with van der Waals surface area (Å²) in [7, 11) is 0. The largest absolute Gasteiger partial charge is 0.462 e. The molecule has 2 aliphatic heterocycles. The zero-order valence-corrected chi connectivity index (χ0v) is 27.0. The second-order valence-corrected chi connectivity index (χ2v) is 13.1. The van der Waals surface area contributed by atoms with Crippen LogP contribution in [0.15, 0.2) is 35.5 Å². The maximum absolute atomic E-state index is 13.4. The maximum Gasteiger partial charge on any atom is 0.311 e.